The summed E-state index contributed by atoms with van der Waals surface area (Å²) in [5.41, 5.74) is -0.742. The number of sulfonamides is 1. The van der Waals surface area contributed by atoms with Crippen LogP contribution in [-0.4, -0.2) is 25.7 Å². The van der Waals surface area contributed by atoms with Crippen LogP contribution < -0.4 is 4.72 Å². The molecule has 0 saturated heterocycles. The fraction of sp³-hybridized carbons (Fsp3) is 0.571. The van der Waals surface area contributed by atoms with E-state index in [0.29, 0.717) is 23.8 Å². The van der Waals surface area contributed by atoms with E-state index in [-0.39, 0.29) is 11.5 Å². The fourth-order valence-electron chi connectivity index (χ4n) is 2.59. The van der Waals surface area contributed by atoms with Crippen molar-refractivity contribution in [3.8, 4) is 0 Å². The van der Waals surface area contributed by atoms with Crippen molar-refractivity contribution in [3.63, 3.8) is 0 Å². The lowest BCUT2D eigenvalue weighted by Crippen LogP contribution is -2.53. The van der Waals surface area contributed by atoms with E-state index < -0.39 is 15.6 Å². The fourth-order valence-corrected chi connectivity index (χ4v) is 4.34. The molecule has 0 unspecified atom stereocenters. The smallest absolute Gasteiger partial charge is 0.241 e. The molecule has 112 valence electrons. The molecule has 1 saturated carbocycles. The Morgan fingerprint density at radius 3 is 2.60 bits per heavy atom. The summed E-state index contributed by atoms with van der Waals surface area (Å²) in [6, 6.07) is 6.15. The van der Waals surface area contributed by atoms with Crippen molar-refractivity contribution in [2.45, 2.75) is 43.0 Å². The quantitative estimate of drug-likeness (QED) is 0.897. The third kappa shape index (κ3) is 3.52. The zero-order valence-electron chi connectivity index (χ0n) is 11.5. The maximum atomic E-state index is 12.4. The van der Waals surface area contributed by atoms with Crippen LogP contribution in [0.1, 0.15) is 32.6 Å². The summed E-state index contributed by atoms with van der Waals surface area (Å²) >= 11 is 5.84. The molecule has 0 spiro atoms. The minimum absolute atomic E-state index is 0.136. The molecular formula is C14H20ClNO3S. The minimum Gasteiger partial charge on any atom is -0.394 e. The lowest BCUT2D eigenvalue weighted by atomic mass is 9.78. The Kier molecular flexibility index (Phi) is 4.74. The lowest BCUT2D eigenvalue weighted by Gasteiger charge is -2.38. The van der Waals surface area contributed by atoms with Crippen LogP contribution in [0.3, 0.4) is 0 Å². The molecule has 1 aromatic rings. The minimum atomic E-state index is -3.66. The summed E-state index contributed by atoms with van der Waals surface area (Å²) in [6.07, 6.45) is 3.15. The maximum Gasteiger partial charge on any atom is 0.241 e. The van der Waals surface area contributed by atoms with Gasteiger partial charge in [-0.25, -0.2) is 13.1 Å². The Balaban J connectivity index is 2.22. The lowest BCUT2D eigenvalue weighted by molar-refractivity contribution is 0.125. The molecule has 0 bridgehead atoms. The molecule has 1 aromatic carbocycles. The number of hydrogen-bond donors (Lipinski definition) is 2. The number of hydrogen-bond acceptors (Lipinski definition) is 3. The average molecular weight is 318 g/mol. The molecular weight excluding hydrogens is 298 g/mol. The van der Waals surface area contributed by atoms with Crippen LogP contribution in [-0.2, 0) is 10.0 Å². The van der Waals surface area contributed by atoms with Gasteiger partial charge in [-0.15, -0.1) is 0 Å². The normalized spacial score (nSPS) is 27.4. The second-order valence-electron chi connectivity index (χ2n) is 5.68. The van der Waals surface area contributed by atoms with Crippen molar-refractivity contribution in [2.75, 3.05) is 6.61 Å². The van der Waals surface area contributed by atoms with Crippen molar-refractivity contribution < 1.29 is 13.5 Å². The first-order chi connectivity index (χ1) is 9.37. The summed E-state index contributed by atoms with van der Waals surface area (Å²) < 4.78 is 27.5. The first kappa shape index (κ1) is 15.8. The molecule has 1 aliphatic rings. The van der Waals surface area contributed by atoms with Gasteiger partial charge < -0.3 is 5.11 Å². The highest BCUT2D eigenvalue weighted by molar-refractivity contribution is 7.89. The van der Waals surface area contributed by atoms with Crippen molar-refractivity contribution >= 4 is 21.6 Å². The number of rotatable bonds is 4. The maximum absolute atomic E-state index is 12.4. The highest BCUT2D eigenvalue weighted by Gasteiger charge is 2.37. The zero-order chi connectivity index (χ0) is 14.8. The Hall–Kier alpha value is -0.620. The van der Waals surface area contributed by atoms with Gasteiger partial charge >= 0.3 is 0 Å². The summed E-state index contributed by atoms with van der Waals surface area (Å²) in [5, 5.41) is 10.0. The van der Waals surface area contributed by atoms with Crippen LogP contribution in [0.4, 0.5) is 0 Å². The first-order valence-corrected chi connectivity index (χ1v) is 8.63. The van der Waals surface area contributed by atoms with E-state index >= 15 is 0 Å². The number of benzene rings is 1. The van der Waals surface area contributed by atoms with E-state index in [1.807, 2.05) is 0 Å². The van der Waals surface area contributed by atoms with Crippen LogP contribution in [0.15, 0.2) is 29.2 Å². The molecule has 0 amide bonds. The van der Waals surface area contributed by atoms with Gasteiger partial charge in [0.25, 0.3) is 0 Å². The third-order valence-electron chi connectivity index (χ3n) is 3.99. The molecule has 4 nitrogen and oxygen atoms in total. The van der Waals surface area contributed by atoms with Gasteiger partial charge in [0.15, 0.2) is 0 Å². The van der Waals surface area contributed by atoms with E-state index in [4.69, 9.17) is 11.6 Å². The molecule has 0 aliphatic heterocycles. The number of nitrogens with one attached hydrogen (secondary N) is 1. The zero-order valence-corrected chi connectivity index (χ0v) is 13.0. The van der Waals surface area contributed by atoms with E-state index in [1.165, 1.54) is 12.1 Å². The third-order valence-corrected chi connectivity index (χ3v) is 5.80. The van der Waals surface area contributed by atoms with Crippen LogP contribution in [0.2, 0.25) is 5.02 Å². The molecule has 1 fully saturated rings. The Bertz CT molecular complexity index is 566. The van der Waals surface area contributed by atoms with E-state index in [9.17, 15) is 13.5 Å². The van der Waals surface area contributed by atoms with Crippen LogP contribution in [0.5, 0.6) is 0 Å². The highest BCUT2D eigenvalue weighted by Crippen LogP contribution is 2.33. The summed E-state index contributed by atoms with van der Waals surface area (Å²) in [6.45, 7) is 1.96. The molecule has 2 N–H and O–H groups in total. The number of aliphatic hydroxyl groups is 1. The Morgan fingerprint density at radius 2 is 2.05 bits per heavy atom. The van der Waals surface area contributed by atoms with Crippen molar-refractivity contribution in [1.29, 1.82) is 0 Å². The summed E-state index contributed by atoms with van der Waals surface area (Å²) in [7, 11) is -3.66. The first-order valence-electron chi connectivity index (χ1n) is 6.77. The van der Waals surface area contributed by atoms with Crippen molar-refractivity contribution in [1.82, 2.24) is 4.72 Å². The average Bonchev–Trinajstić information content (AvgIpc) is 2.41. The van der Waals surface area contributed by atoms with Crippen LogP contribution in [0, 0.1) is 5.92 Å². The molecule has 2 rings (SSSR count). The van der Waals surface area contributed by atoms with Crippen LogP contribution in [0.25, 0.3) is 0 Å². The Morgan fingerprint density at radius 1 is 1.40 bits per heavy atom. The standard InChI is InChI=1S/C14H20ClNO3S/c1-11-5-7-14(10-17,8-6-11)16-20(18,19)13-4-2-3-12(15)9-13/h2-4,9,11,16-17H,5-8,10H2,1H3. The second kappa shape index (κ2) is 6.02. The van der Waals surface area contributed by atoms with Crippen molar-refractivity contribution in [2.24, 2.45) is 5.92 Å². The van der Waals surface area contributed by atoms with E-state index in [1.54, 1.807) is 12.1 Å². The largest absolute Gasteiger partial charge is 0.394 e. The summed E-state index contributed by atoms with van der Waals surface area (Å²) in [4.78, 5) is 0.136. The number of aliphatic hydroxyl groups excluding tert-OH is 1. The Labute approximate surface area is 125 Å². The topological polar surface area (TPSA) is 66.4 Å². The predicted octanol–water partition coefficient (Wildman–Crippen LogP) is 2.56. The predicted molar refractivity (Wildman–Crippen MR) is 79.2 cm³/mol. The van der Waals surface area contributed by atoms with Crippen molar-refractivity contribution in [3.05, 3.63) is 29.3 Å². The van der Waals surface area contributed by atoms with E-state index in [0.717, 1.165) is 12.8 Å². The SMILES string of the molecule is CC1CCC(CO)(NS(=O)(=O)c2cccc(Cl)c2)CC1. The van der Waals surface area contributed by atoms with Gasteiger partial charge in [-0.05, 0) is 49.8 Å². The number of halogens is 1. The summed E-state index contributed by atoms with van der Waals surface area (Å²) in [5.74, 6) is 0.574. The van der Waals surface area contributed by atoms with Crippen LogP contribution >= 0.6 is 11.6 Å². The molecule has 0 aromatic heterocycles. The molecule has 0 radical (unpaired) electrons. The monoisotopic (exact) mass is 317 g/mol. The van der Waals surface area contributed by atoms with Gasteiger partial charge in [0.2, 0.25) is 10.0 Å². The van der Waals surface area contributed by atoms with Gasteiger partial charge in [0.1, 0.15) is 0 Å². The van der Waals surface area contributed by atoms with Gasteiger partial charge in [-0.1, -0.05) is 24.6 Å². The van der Waals surface area contributed by atoms with E-state index in [2.05, 4.69) is 11.6 Å². The van der Waals surface area contributed by atoms with Gasteiger partial charge in [0.05, 0.1) is 17.0 Å². The van der Waals surface area contributed by atoms with Gasteiger partial charge in [0, 0.05) is 5.02 Å². The molecule has 20 heavy (non-hydrogen) atoms. The van der Waals surface area contributed by atoms with Gasteiger partial charge in [-0.3, -0.25) is 0 Å². The molecule has 0 heterocycles. The highest BCUT2D eigenvalue weighted by atomic mass is 35.5. The second-order valence-corrected chi connectivity index (χ2v) is 7.80. The molecule has 0 atom stereocenters. The molecule has 6 heteroatoms. The van der Waals surface area contributed by atoms with Gasteiger partial charge in [-0.2, -0.15) is 0 Å². The molecule has 1 aliphatic carbocycles.